The number of aliphatic imine (C=N–C) groups is 1. The second-order valence-corrected chi connectivity index (χ2v) is 7.74. The van der Waals surface area contributed by atoms with Gasteiger partial charge in [-0.1, -0.05) is 18.2 Å². The van der Waals surface area contributed by atoms with E-state index in [0.29, 0.717) is 12.6 Å². The number of hydrogen-bond donors (Lipinski definition) is 3. The Hall–Kier alpha value is -0.670. The summed E-state index contributed by atoms with van der Waals surface area (Å²) in [5.41, 5.74) is 0.653. The van der Waals surface area contributed by atoms with Gasteiger partial charge in [0, 0.05) is 37.1 Å². The summed E-state index contributed by atoms with van der Waals surface area (Å²) in [5, 5.41) is 17.3. The molecule has 2 fully saturated rings. The molecule has 2 saturated heterocycles. The van der Waals surface area contributed by atoms with Gasteiger partial charge >= 0.3 is 0 Å². The highest BCUT2D eigenvalue weighted by molar-refractivity contribution is 14.0. The normalized spacial score (nSPS) is 26.4. The molecular formula is C18H29IN4OS. The summed E-state index contributed by atoms with van der Waals surface area (Å²) in [6.07, 6.45) is 1.94. The van der Waals surface area contributed by atoms with Crippen molar-refractivity contribution in [2.24, 2.45) is 4.99 Å². The van der Waals surface area contributed by atoms with Crippen LogP contribution in [0.25, 0.3) is 0 Å². The van der Waals surface area contributed by atoms with E-state index in [-0.39, 0.29) is 24.0 Å². The number of anilines is 1. The molecule has 3 rings (SSSR count). The minimum absolute atomic E-state index is 0. The number of para-hydroxylation sites is 1. The molecule has 0 spiro atoms. The van der Waals surface area contributed by atoms with Crippen LogP contribution in [0.15, 0.2) is 35.3 Å². The van der Waals surface area contributed by atoms with Crippen molar-refractivity contribution in [2.75, 3.05) is 42.6 Å². The van der Waals surface area contributed by atoms with E-state index in [1.165, 1.54) is 5.69 Å². The Balaban J connectivity index is 0.00000225. The maximum Gasteiger partial charge on any atom is 0.191 e. The Morgan fingerprint density at radius 1 is 1.40 bits per heavy atom. The van der Waals surface area contributed by atoms with E-state index in [9.17, 15) is 5.11 Å². The summed E-state index contributed by atoms with van der Waals surface area (Å²) in [4.78, 5) is 7.05. The number of halogens is 1. The third-order valence-corrected chi connectivity index (χ3v) is 5.84. The molecule has 0 bridgehead atoms. The first-order valence-electron chi connectivity index (χ1n) is 8.83. The molecule has 0 saturated carbocycles. The SMILES string of the molecule is CCNC(=NCC1(O)CCSC1)NC1CCN(c2ccccc2)C1.I. The monoisotopic (exact) mass is 476 g/mol. The number of aliphatic hydroxyl groups is 1. The predicted octanol–water partition coefficient (Wildman–Crippen LogP) is 2.31. The first-order valence-corrected chi connectivity index (χ1v) is 9.99. The second-order valence-electron chi connectivity index (χ2n) is 6.63. The molecule has 140 valence electrons. The van der Waals surface area contributed by atoms with Crippen LogP contribution in [0.5, 0.6) is 0 Å². The Morgan fingerprint density at radius 2 is 2.20 bits per heavy atom. The predicted molar refractivity (Wildman–Crippen MR) is 118 cm³/mol. The van der Waals surface area contributed by atoms with Crippen molar-refractivity contribution in [3.05, 3.63) is 30.3 Å². The van der Waals surface area contributed by atoms with Gasteiger partial charge in [-0.25, -0.2) is 0 Å². The van der Waals surface area contributed by atoms with Gasteiger partial charge in [-0.15, -0.1) is 24.0 Å². The van der Waals surface area contributed by atoms with Crippen LogP contribution in [0.2, 0.25) is 0 Å². The fourth-order valence-electron chi connectivity index (χ4n) is 3.21. The van der Waals surface area contributed by atoms with Crippen LogP contribution in [0.3, 0.4) is 0 Å². The molecule has 0 radical (unpaired) electrons. The first kappa shape index (κ1) is 20.6. The minimum Gasteiger partial charge on any atom is -0.387 e. The number of nitrogens with zero attached hydrogens (tertiary/aromatic N) is 2. The quantitative estimate of drug-likeness (QED) is 0.346. The van der Waals surface area contributed by atoms with Gasteiger partial charge in [0.15, 0.2) is 5.96 Å². The Morgan fingerprint density at radius 3 is 2.88 bits per heavy atom. The van der Waals surface area contributed by atoms with E-state index >= 15 is 0 Å². The van der Waals surface area contributed by atoms with Gasteiger partial charge in [0.1, 0.15) is 0 Å². The van der Waals surface area contributed by atoms with Crippen LogP contribution in [0.1, 0.15) is 19.8 Å². The lowest BCUT2D eigenvalue weighted by Gasteiger charge is -2.22. The van der Waals surface area contributed by atoms with Crippen LogP contribution in [0.4, 0.5) is 5.69 Å². The number of thioether (sulfide) groups is 1. The van der Waals surface area contributed by atoms with Crippen LogP contribution in [-0.4, -0.2) is 60.4 Å². The molecule has 1 aromatic carbocycles. The zero-order chi connectivity index (χ0) is 16.8. The molecular weight excluding hydrogens is 447 g/mol. The molecule has 3 N–H and O–H groups in total. The van der Waals surface area contributed by atoms with Crippen molar-refractivity contribution in [1.82, 2.24) is 10.6 Å². The van der Waals surface area contributed by atoms with Crippen molar-refractivity contribution < 1.29 is 5.11 Å². The van der Waals surface area contributed by atoms with Crippen molar-refractivity contribution in [2.45, 2.75) is 31.4 Å². The Labute approximate surface area is 172 Å². The Bertz CT molecular complexity index is 551. The van der Waals surface area contributed by atoms with Crippen molar-refractivity contribution in [1.29, 1.82) is 0 Å². The van der Waals surface area contributed by atoms with Gasteiger partial charge in [-0.05, 0) is 37.7 Å². The highest BCUT2D eigenvalue weighted by Gasteiger charge is 2.31. The summed E-state index contributed by atoms with van der Waals surface area (Å²) < 4.78 is 0. The highest BCUT2D eigenvalue weighted by atomic mass is 127. The van der Waals surface area contributed by atoms with E-state index in [2.05, 4.69) is 57.8 Å². The molecule has 1 aromatic rings. The first-order chi connectivity index (χ1) is 11.7. The number of rotatable bonds is 5. The number of nitrogens with one attached hydrogen (secondary N) is 2. The standard InChI is InChI=1S/C18H28N4OS.HI/c1-2-19-17(20-13-18(23)9-11-24-14-18)21-15-8-10-22(12-15)16-6-4-3-5-7-16;/h3-7,15,23H,2,8-14H2,1H3,(H2,19,20,21);1H. The molecule has 2 aliphatic heterocycles. The molecule has 2 unspecified atom stereocenters. The van der Waals surface area contributed by atoms with Crippen molar-refractivity contribution >= 4 is 47.4 Å². The van der Waals surface area contributed by atoms with Gasteiger partial charge in [0.25, 0.3) is 0 Å². The van der Waals surface area contributed by atoms with E-state index in [1.54, 1.807) is 0 Å². The summed E-state index contributed by atoms with van der Waals surface area (Å²) in [7, 11) is 0. The lowest BCUT2D eigenvalue weighted by molar-refractivity contribution is 0.0778. The van der Waals surface area contributed by atoms with Crippen LogP contribution in [0, 0.1) is 0 Å². The molecule has 2 aliphatic rings. The zero-order valence-corrected chi connectivity index (χ0v) is 17.9. The number of hydrogen-bond acceptors (Lipinski definition) is 4. The van der Waals surface area contributed by atoms with Gasteiger partial charge in [-0.3, -0.25) is 4.99 Å². The fourth-order valence-corrected chi connectivity index (χ4v) is 4.50. The van der Waals surface area contributed by atoms with E-state index in [4.69, 9.17) is 0 Å². The topological polar surface area (TPSA) is 59.9 Å². The molecule has 0 amide bonds. The van der Waals surface area contributed by atoms with Gasteiger partial charge in [0.05, 0.1) is 12.1 Å². The van der Waals surface area contributed by atoms with E-state index < -0.39 is 5.60 Å². The summed E-state index contributed by atoms with van der Waals surface area (Å²) in [6, 6.07) is 10.9. The summed E-state index contributed by atoms with van der Waals surface area (Å²) >= 11 is 1.81. The van der Waals surface area contributed by atoms with Gasteiger partial charge < -0.3 is 20.6 Å². The molecule has 0 aliphatic carbocycles. The maximum absolute atomic E-state index is 10.5. The van der Waals surface area contributed by atoms with Crippen LogP contribution >= 0.6 is 35.7 Å². The molecule has 2 heterocycles. The summed E-state index contributed by atoms with van der Waals surface area (Å²) in [5.74, 6) is 2.65. The molecule has 5 nitrogen and oxygen atoms in total. The average molecular weight is 476 g/mol. The average Bonchev–Trinajstić information content (AvgIpc) is 3.24. The second kappa shape index (κ2) is 9.87. The lowest BCUT2D eigenvalue weighted by atomic mass is 10.1. The Kier molecular flexibility index (Phi) is 8.15. The van der Waals surface area contributed by atoms with Gasteiger partial charge in [-0.2, -0.15) is 11.8 Å². The lowest BCUT2D eigenvalue weighted by Crippen LogP contribution is -2.45. The number of benzene rings is 1. The minimum atomic E-state index is -0.626. The zero-order valence-electron chi connectivity index (χ0n) is 14.8. The third kappa shape index (κ3) is 5.92. The summed E-state index contributed by atoms with van der Waals surface area (Å²) in [6.45, 7) is 5.41. The van der Waals surface area contributed by atoms with Crippen LogP contribution < -0.4 is 15.5 Å². The van der Waals surface area contributed by atoms with E-state index in [1.807, 2.05) is 11.8 Å². The maximum atomic E-state index is 10.5. The molecule has 25 heavy (non-hydrogen) atoms. The van der Waals surface area contributed by atoms with E-state index in [0.717, 1.165) is 49.9 Å². The molecule has 7 heteroatoms. The molecule has 0 aromatic heterocycles. The van der Waals surface area contributed by atoms with Crippen molar-refractivity contribution in [3.8, 4) is 0 Å². The molecule has 2 atom stereocenters. The largest absolute Gasteiger partial charge is 0.387 e. The third-order valence-electron chi connectivity index (χ3n) is 4.61. The van der Waals surface area contributed by atoms with Crippen molar-refractivity contribution in [3.63, 3.8) is 0 Å². The van der Waals surface area contributed by atoms with Crippen LogP contribution in [-0.2, 0) is 0 Å². The fraction of sp³-hybridized carbons (Fsp3) is 0.611. The smallest absolute Gasteiger partial charge is 0.191 e. The van der Waals surface area contributed by atoms with Gasteiger partial charge in [0.2, 0.25) is 0 Å². The highest BCUT2D eigenvalue weighted by Crippen LogP contribution is 2.27. The number of guanidine groups is 1.